The summed E-state index contributed by atoms with van der Waals surface area (Å²) in [7, 11) is 2.18. The van der Waals surface area contributed by atoms with Crippen molar-refractivity contribution in [2.75, 3.05) is 45.1 Å². The predicted octanol–water partition coefficient (Wildman–Crippen LogP) is 1.07. The van der Waals surface area contributed by atoms with Gasteiger partial charge >= 0.3 is 0 Å². The predicted molar refractivity (Wildman–Crippen MR) is 84.4 cm³/mol. The zero-order valence-electron chi connectivity index (χ0n) is 12.7. The molecule has 0 aromatic carbocycles. The Labute approximate surface area is 125 Å². The van der Waals surface area contributed by atoms with E-state index >= 15 is 0 Å². The minimum Gasteiger partial charge on any atom is -0.368 e. The fourth-order valence-corrected chi connectivity index (χ4v) is 2.60. The van der Waals surface area contributed by atoms with E-state index in [9.17, 15) is 0 Å². The van der Waals surface area contributed by atoms with Crippen LogP contribution in [0.15, 0.2) is 24.5 Å². The summed E-state index contributed by atoms with van der Waals surface area (Å²) >= 11 is 0. The summed E-state index contributed by atoms with van der Waals surface area (Å²) in [6.07, 6.45) is 3.36. The van der Waals surface area contributed by atoms with Crippen LogP contribution in [0.4, 0.5) is 5.82 Å². The minimum atomic E-state index is 0.498. The highest BCUT2D eigenvalue weighted by molar-refractivity contribution is 5.71. The highest BCUT2D eigenvalue weighted by Gasteiger charge is 2.18. The molecule has 3 heterocycles. The number of nitrogens with zero attached hydrogens (tertiary/aromatic N) is 5. The Bertz CT molecular complexity index is 593. The second kappa shape index (κ2) is 6.32. The molecule has 0 radical (unpaired) electrons. The lowest BCUT2D eigenvalue weighted by Gasteiger charge is -2.36. The maximum Gasteiger partial charge on any atom is 0.180 e. The standard InChI is InChI=1S/C15H22N6/c1-12(21-9-7-20(2)8-10-21)11-18-14-4-3-13-15(19-14)17-6-5-16-13/h3-6,12H,7-11H2,1-2H3,(H,17,18,19). The summed E-state index contributed by atoms with van der Waals surface area (Å²) in [6.45, 7) is 7.72. The number of nitrogens with one attached hydrogen (secondary N) is 1. The van der Waals surface area contributed by atoms with Crippen LogP contribution in [0.5, 0.6) is 0 Å². The highest BCUT2D eigenvalue weighted by Crippen LogP contribution is 2.11. The van der Waals surface area contributed by atoms with Gasteiger partial charge in [-0.15, -0.1) is 0 Å². The first-order valence-corrected chi connectivity index (χ1v) is 7.46. The van der Waals surface area contributed by atoms with Crippen molar-refractivity contribution in [1.29, 1.82) is 0 Å². The van der Waals surface area contributed by atoms with Crippen LogP contribution in [0.25, 0.3) is 11.2 Å². The molecule has 0 saturated carbocycles. The number of likely N-dealkylation sites (N-methyl/N-ethyl adjacent to an activating group) is 1. The average molecular weight is 286 g/mol. The van der Waals surface area contributed by atoms with E-state index in [0.29, 0.717) is 11.7 Å². The van der Waals surface area contributed by atoms with Crippen LogP contribution in [-0.2, 0) is 0 Å². The summed E-state index contributed by atoms with van der Waals surface area (Å²) < 4.78 is 0. The van der Waals surface area contributed by atoms with Crippen molar-refractivity contribution in [1.82, 2.24) is 24.8 Å². The first-order valence-electron chi connectivity index (χ1n) is 7.46. The van der Waals surface area contributed by atoms with Gasteiger partial charge in [-0.3, -0.25) is 9.88 Å². The van der Waals surface area contributed by atoms with Gasteiger partial charge in [0.2, 0.25) is 0 Å². The molecular weight excluding hydrogens is 264 g/mol. The molecule has 2 aromatic rings. The molecule has 21 heavy (non-hydrogen) atoms. The second-order valence-electron chi connectivity index (χ2n) is 5.66. The monoisotopic (exact) mass is 286 g/mol. The number of hydrogen-bond donors (Lipinski definition) is 1. The average Bonchev–Trinajstić information content (AvgIpc) is 2.53. The van der Waals surface area contributed by atoms with Crippen molar-refractivity contribution >= 4 is 17.0 Å². The van der Waals surface area contributed by atoms with Gasteiger partial charge in [-0.05, 0) is 26.1 Å². The van der Waals surface area contributed by atoms with Crippen molar-refractivity contribution < 1.29 is 0 Å². The summed E-state index contributed by atoms with van der Waals surface area (Å²) in [5.41, 5.74) is 1.52. The molecule has 0 aliphatic carbocycles. The topological polar surface area (TPSA) is 57.2 Å². The summed E-state index contributed by atoms with van der Waals surface area (Å²) in [4.78, 5) is 17.9. The lowest BCUT2D eigenvalue weighted by Crippen LogP contribution is -2.49. The largest absolute Gasteiger partial charge is 0.368 e. The number of piperazine rings is 1. The van der Waals surface area contributed by atoms with Crippen LogP contribution in [-0.4, -0.2) is 70.6 Å². The van der Waals surface area contributed by atoms with Crippen molar-refractivity contribution in [2.45, 2.75) is 13.0 Å². The van der Waals surface area contributed by atoms with Gasteiger partial charge in [-0.25, -0.2) is 9.97 Å². The molecule has 1 aliphatic rings. The number of pyridine rings is 1. The van der Waals surface area contributed by atoms with Gasteiger partial charge in [-0.1, -0.05) is 0 Å². The molecule has 1 saturated heterocycles. The van der Waals surface area contributed by atoms with E-state index in [1.165, 1.54) is 0 Å². The summed E-state index contributed by atoms with van der Waals surface area (Å²) in [6, 6.07) is 4.42. The van der Waals surface area contributed by atoms with Crippen molar-refractivity contribution in [3.05, 3.63) is 24.5 Å². The van der Waals surface area contributed by atoms with E-state index in [1.807, 2.05) is 12.1 Å². The normalized spacial score (nSPS) is 18.8. The van der Waals surface area contributed by atoms with Crippen molar-refractivity contribution in [3.8, 4) is 0 Å². The highest BCUT2D eigenvalue weighted by atomic mass is 15.3. The van der Waals surface area contributed by atoms with Gasteiger partial charge < -0.3 is 10.2 Å². The SMILES string of the molecule is CC(CNc1ccc2nccnc2n1)N1CCN(C)CC1. The molecule has 1 N–H and O–H groups in total. The number of fused-ring (bicyclic) bond motifs is 1. The van der Waals surface area contributed by atoms with Crippen molar-refractivity contribution in [3.63, 3.8) is 0 Å². The van der Waals surface area contributed by atoms with Crippen LogP contribution < -0.4 is 5.32 Å². The molecule has 1 unspecified atom stereocenters. The molecule has 1 atom stereocenters. The molecule has 1 aliphatic heterocycles. The molecule has 0 amide bonds. The van der Waals surface area contributed by atoms with Crippen LogP contribution in [0.3, 0.4) is 0 Å². The molecule has 1 fully saturated rings. The number of hydrogen-bond acceptors (Lipinski definition) is 6. The number of aromatic nitrogens is 3. The van der Waals surface area contributed by atoms with Crippen LogP contribution >= 0.6 is 0 Å². The zero-order valence-corrected chi connectivity index (χ0v) is 12.7. The fourth-order valence-electron chi connectivity index (χ4n) is 2.60. The fraction of sp³-hybridized carbons (Fsp3) is 0.533. The van der Waals surface area contributed by atoms with Crippen LogP contribution in [0.2, 0.25) is 0 Å². The Morgan fingerprint density at radius 1 is 1.14 bits per heavy atom. The van der Waals surface area contributed by atoms with Gasteiger partial charge in [0.15, 0.2) is 5.65 Å². The second-order valence-corrected chi connectivity index (χ2v) is 5.66. The maximum absolute atomic E-state index is 4.49. The number of rotatable bonds is 4. The Balaban J connectivity index is 1.58. The van der Waals surface area contributed by atoms with Gasteiger partial charge in [0.1, 0.15) is 11.3 Å². The van der Waals surface area contributed by atoms with Crippen LogP contribution in [0, 0.1) is 0 Å². The molecule has 112 valence electrons. The Kier molecular flexibility index (Phi) is 4.26. The minimum absolute atomic E-state index is 0.498. The third kappa shape index (κ3) is 3.46. The van der Waals surface area contributed by atoms with E-state index in [4.69, 9.17) is 0 Å². The molecular formula is C15H22N6. The number of anilines is 1. The zero-order chi connectivity index (χ0) is 14.7. The molecule has 0 spiro atoms. The Hall–Kier alpha value is -1.79. The third-order valence-corrected chi connectivity index (χ3v) is 4.07. The van der Waals surface area contributed by atoms with E-state index in [0.717, 1.165) is 44.1 Å². The van der Waals surface area contributed by atoms with E-state index in [1.54, 1.807) is 12.4 Å². The van der Waals surface area contributed by atoms with Crippen LogP contribution in [0.1, 0.15) is 6.92 Å². The van der Waals surface area contributed by atoms with Gasteiger partial charge in [0.25, 0.3) is 0 Å². The quantitative estimate of drug-likeness (QED) is 0.907. The molecule has 6 heteroatoms. The van der Waals surface area contributed by atoms with E-state index in [-0.39, 0.29) is 0 Å². The van der Waals surface area contributed by atoms with Gasteiger partial charge in [-0.2, -0.15) is 0 Å². The van der Waals surface area contributed by atoms with Crippen molar-refractivity contribution in [2.24, 2.45) is 0 Å². The van der Waals surface area contributed by atoms with E-state index in [2.05, 4.69) is 44.0 Å². The third-order valence-electron chi connectivity index (χ3n) is 4.07. The molecule has 2 aromatic heterocycles. The Morgan fingerprint density at radius 3 is 2.71 bits per heavy atom. The van der Waals surface area contributed by atoms with Gasteiger partial charge in [0, 0.05) is 51.2 Å². The Morgan fingerprint density at radius 2 is 1.90 bits per heavy atom. The van der Waals surface area contributed by atoms with Gasteiger partial charge in [0.05, 0.1) is 0 Å². The first kappa shape index (κ1) is 14.2. The first-order chi connectivity index (χ1) is 10.2. The van der Waals surface area contributed by atoms with E-state index < -0.39 is 0 Å². The lowest BCUT2D eigenvalue weighted by atomic mass is 10.2. The lowest BCUT2D eigenvalue weighted by molar-refractivity contribution is 0.123. The smallest absolute Gasteiger partial charge is 0.180 e. The maximum atomic E-state index is 4.49. The molecule has 3 rings (SSSR count). The summed E-state index contributed by atoms with van der Waals surface area (Å²) in [5, 5.41) is 3.41. The molecule has 6 nitrogen and oxygen atoms in total. The summed E-state index contributed by atoms with van der Waals surface area (Å²) in [5.74, 6) is 0.865. The molecule has 0 bridgehead atoms.